The largest absolute Gasteiger partial charge is 0.386 e. The Bertz CT molecular complexity index is 1470. The van der Waals surface area contributed by atoms with Crippen molar-refractivity contribution in [2.75, 3.05) is 6.54 Å². The normalized spacial score (nSPS) is 13.2. The molecule has 0 saturated heterocycles. The van der Waals surface area contributed by atoms with Crippen molar-refractivity contribution < 1.29 is 19.2 Å². The number of amides is 4. The molecule has 0 fully saturated rings. The van der Waals surface area contributed by atoms with Crippen LogP contribution in [-0.2, 0) is 38.6 Å². The first kappa shape index (κ1) is 38.2. The summed E-state index contributed by atoms with van der Waals surface area (Å²) < 4.78 is 0. The highest BCUT2D eigenvalue weighted by molar-refractivity contribution is 5.95. The third-order valence-electron chi connectivity index (χ3n) is 7.90. The number of benzene rings is 2. The number of nitrogens with one attached hydrogen (secondary N) is 5. The van der Waals surface area contributed by atoms with E-state index in [0.717, 1.165) is 23.1 Å². The lowest BCUT2D eigenvalue weighted by atomic mass is 10.0. The lowest BCUT2D eigenvalue weighted by molar-refractivity contribution is -0.134. The highest BCUT2D eigenvalue weighted by Crippen LogP contribution is 2.09. The van der Waals surface area contributed by atoms with E-state index in [0.29, 0.717) is 44.5 Å². The van der Waals surface area contributed by atoms with Gasteiger partial charge in [0, 0.05) is 31.9 Å². The van der Waals surface area contributed by atoms with E-state index in [9.17, 15) is 19.2 Å². The average Bonchev–Trinajstić information content (AvgIpc) is 3.10. The first-order chi connectivity index (χ1) is 23.7. The number of hydrogen-bond acceptors (Lipinski definition) is 8. The summed E-state index contributed by atoms with van der Waals surface area (Å²) in [6.45, 7) is 6.33. The first-order valence-electron chi connectivity index (χ1n) is 16.8. The number of rotatable bonds is 21. The van der Waals surface area contributed by atoms with Gasteiger partial charge < -0.3 is 38.1 Å². The maximum absolute atomic E-state index is 13.8. The van der Waals surface area contributed by atoms with Crippen LogP contribution in [0.5, 0.6) is 0 Å². The van der Waals surface area contributed by atoms with Crippen molar-refractivity contribution in [3.63, 3.8) is 0 Å². The number of carbonyl (C=O) groups excluding carboxylic acids is 4. The fourth-order valence-corrected chi connectivity index (χ4v) is 5.16. The molecule has 4 amide bonds. The predicted molar refractivity (Wildman–Crippen MR) is 190 cm³/mol. The van der Waals surface area contributed by atoms with E-state index in [1.807, 2.05) is 67.6 Å². The second-order valence-electron chi connectivity index (χ2n) is 12.0. The van der Waals surface area contributed by atoms with E-state index < -0.39 is 41.9 Å². The molecule has 49 heavy (non-hydrogen) atoms. The van der Waals surface area contributed by atoms with Crippen LogP contribution in [0, 0.1) is 0 Å². The van der Waals surface area contributed by atoms with Gasteiger partial charge in [0.2, 0.25) is 23.6 Å². The Hall–Kier alpha value is -5.23. The molecular weight excluding hydrogens is 620 g/mol. The topological polar surface area (TPSA) is 193 Å². The van der Waals surface area contributed by atoms with Crippen molar-refractivity contribution >= 4 is 23.6 Å². The number of nitrogens with two attached hydrogens (primary N) is 2. The average molecular weight is 671 g/mol. The standard InChI is InChI=1S/C37H50N8O4/c1-3-4-16-32(36(48)43-31(17-11-20-41-26(2)38)35(47)42-25-29-18-21-40-22-19-29)44-37(49)33(24-28-14-9-6-10-15-28)45-34(46)30(39)23-27-12-7-5-8-13-27/h5-10,12-15,18-19,21-22,30-33,41H,2-4,11,16-17,20,23-25,38-39H2,1H3,(H,42,47)(H,43,48)(H,44,49)(H,45,46)/t30-,31-,32-,33-/m1/s1. The minimum atomic E-state index is -0.997. The molecule has 0 aliphatic heterocycles. The van der Waals surface area contributed by atoms with Gasteiger partial charge in [-0.15, -0.1) is 0 Å². The number of aromatic nitrogens is 1. The van der Waals surface area contributed by atoms with Crippen molar-refractivity contribution in [1.29, 1.82) is 0 Å². The molecule has 0 radical (unpaired) electrons. The Morgan fingerprint density at radius 2 is 1.20 bits per heavy atom. The van der Waals surface area contributed by atoms with Crippen molar-refractivity contribution in [1.82, 2.24) is 31.6 Å². The van der Waals surface area contributed by atoms with E-state index in [2.05, 4.69) is 38.1 Å². The molecule has 0 spiro atoms. The number of pyridine rings is 1. The Morgan fingerprint density at radius 3 is 1.80 bits per heavy atom. The van der Waals surface area contributed by atoms with E-state index in [1.165, 1.54) is 0 Å². The molecule has 0 bridgehead atoms. The number of hydrogen-bond donors (Lipinski definition) is 7. The molecule has 1 heterocycles. The van der Waals surface area contributed by atoms with Crippen molar-refractivity contribution in [3.05, 3.63) is 114 Å². The Kier molecular flexibility index (Phi) is 16.3. The molecule has 1 aromatic heterocycles. The lowest BCUT2D eigenvalue weighted by Crippen LogP contribution is -2.58. The van der Waals surface area contributed by atoms with Crippen LogP contribution in [0.25, 0.3) is 0 Å². The minimum absolute atomic E-state index is 0.193. The number of carbonyl (C=O) groups is 4. The molecule has 2 aromatic carbocycles. The summed E-state index contributed by atoms with van der Waals surface area (Å²) in [7, 11) is 0. The maximum Gasteiger partial charge on any atom is 0.243 e. The van der Waals surface area contributed by atoms with Gasteiger partial charge in [-0.05, 0) is 54.5 Å². The summed E-state index contributed by atoms with van der Waals surface area (Å²) in [5, 5.41) is 14.4. The second kappa shape index (κ2) is 20.9. The van der Waals surface area contributed by atoms with Gasteiger partial charge in [0.25, 0.3) is 0 Å². The molecule has 9 N–H and O–H groups in total. The Labute approximate surface area is 288 Å². The Morgan fingerprint density at radius 1 is 0.673 bits per heavy atom. The fraction of sp³-hybridized carbons (Fsp3) is 0.378. The minimum Gasteiger partial charge on any atom is -0.386 e. The first-order valence-corrected chi connectivity index (χ1v) is 16.8. The van der Waals surface area contributed by atoms with Crippen molar-refractivity contribution in [3.8, 4) is 0 Å². The van der Waals surface area contributed by atoms with Gasteiger partial charge in [0.05, 0.1) is 11.9 Å². The molecule has 4 atom stereocenters. The zero-order valence-electron chi connectivity index (χ0n) is 28.2. The lowest BCUT2D eigenvalue weighted by Gasteiger charge is -2.26. The Balaban J connectivity index is 1.74. The fourth-order valence-electron chi connectivity index (χ4n) is 5.16. The second-order valence-corrected chi connectivity index (χ2v) is 12.0. The highest BCUT2D eigenvalue weighted by atomic mass is 16.2. The van der Waals surface area contributed by atoms with Crippen LogP contribution < -0.4 is 38.1 Å². The third-order valence-corrected chi connectivity index (χ3v) is 7.90. The zero-order chi connectivity index (χ0) is 35.4. The number of nitrogens with zero attached hydrogens (tertiary/aromatic N) is 1. The number of unbranched alkanes of at least 4 members (excludes halogenated alkanes) is 1. The zero-order valence-corrected chi connectivity index (χ0v) is 28.2. The molecule has 262 valence electrons. The summed E-state index contributed by atoms with van der Waals surface area (Å²) in [5.74, 6) is -1.55. The molecule has 0 saturated carbocycles. The molecule has 0 aliphatic carbocycles. The summed E-state index contributed by atoms with van der Waals surface area (Å²) in [5.41, 5.74) is 14.5. The van der Waals surface area contributed by atoms with Gasteiger partial charge in [-0.25, -0.2) is 0 Å². The van der Waals surface area contributed by atoms with Crippen LogP contribution in [0.4, 0.5) is 0 Å². The quantitative estimate of drug-likeness (QED) is 0.0836. The van der Waals surface area contributed by atoms with Crippen molar-refractivity contribution in [2.24, 2.45) is 11.5 Å². The highest BCUT2D eigenvalue weighted by Gasteiger charge is 2.30. The van der Waals surface area contributed by atoms with E-state index in [4.69, 9.17) is 11.5 Å². The summed E-state index contributed by atoms with van der Waals surface area (Å²) >= 11 is 0. The maximum atomic E-state index is 13.8. The van der Waals surface area contributed by atoms with Gasteiger partial charge in [-0.1, -0.05) is 87.0 Å². The van der Waals surface area contributed by atoms with Crippen LogP contribution >= 0.6 is 0 Å². The summed E-state index contributed by atoms with van der Waals surface area (Å²) in [6, 6.07) is 18.6. The van der Waals surface area contributed by atoms with Crippen LogP contribution in [0.2, 0.25) is 0 Å². The van der Waals surface area contributed by atoms with E-state index in [-0.39, 0.29) is 18.9 Å². The molecule has 0 unspecified atom stereocenters. The summed E-state index contributed by atoms with van der Waals surface area (Å²) in [4.78, 5) is 58.1. The smallest absolute Gasteiger partial charge is 0.243 e. The van der Waals surface area contributed by atoms with Gasteiger partial charge in [-0.3, -0.25) is 24.2 Å². The van der Waals surface area contributed by atoms with Gasteiger partial charge in [-0.2, -0.15) is 0 Å². The van der Waals surface area contributed by atoms with E-state index in [1.54, 1.807) is 24.5 Å². The van der Waals surface area contributed by atoms with Gasteiger partial charge in [0.15, 0.2) is 0 Å². The van der Waals surface area contributed by atoms with Gasteiger partial charge >= 0.3 is 0 Å². The van der Waals surface area contributed by atoms with Gasteiger partial charge in [0.1, 0.15) is 18.1 Å². The van der Waals surface area contributed by atoms with Crippen LogP contribution in [0.15, 0.2) is 97.6 Å². The molecule has 3 rings (SSSR count). The molecule has 12 nitrogen and oxygen atoms in total. The monoisotopic (exact) mass is 670 g/mol. The molecular formula is C37H50N8O4. The van der Waals surface area contributed by atoms with E-state index >= 15 is 0 Å². The molecule has 12 heteroatoms. The summed E-state index contributed by atoms with van der Waals surface area (Å²) in [6.07, 6.45) is 6.37. The van der Waals surface area contributed by atoms with Crippen LogP contribution in [0.3, 0.4) is 0 Å². The van der Waals surface area contributed by atoms with Crippen LogP contribution in [0.1, 0.15) is 55.7 Å². The third kappa shape index (κ3) is 14.2. The molecule has 3 aromatic rings. The predicted octanol–water partition coefficient (Wildman–Crippen LogP) is 1.95. The van der Waals surface area contributed by atoms with Crippen molar-refractivity contribution in [2.45, 2.75) is 82.6 Å². The molecule has 0 aliphatic rings. The van der Waals surface area contributed by atoms with Crippen LogP contribution in [-0.4, -0.2) is 59.3 Å². The SMILES string of the molecule is C=C(N)NCCC[C@@H](NC(=O)[C@@H](CCCC)NC(=O)[C@@H](Cc1ccccc1)NC(=O)[C@H](N)Cc1ccccc1)C(=O)NCc1ccncc1.